The summed E-state index contributed by atoms with van der Waals surface area (Å²) in [6, 6.07) is 0. The molecule has 0 rings (SSSR count). The Morgan fingerprint density at radius 3 is 1.50 bits per heavy atom. The molecule has 0 aromatic heterocycles. The van der Waals surface area contributed by atoms with Gasteiger partial charge < -0.3 is 13.1 Å². The monoisotopic (exact) mass is 220 g/mol. The molecule has 6 heteroatoms. The topological polar surface area (TPSA) is 74.6 Å². The molecule has 14 heavy (non-hydrogen) atoms. The van der Waals surface area contributed by atoms with E-state index in [2.05, 4.69) is 0 Å². The molecule has 0 saturated heterocycles. The fourth-order valence-corrected chi connectivity index (χ4v) is 0.956. The van der Waals surface area contributed by atoms with Crippen LogP contribution in [0.5, 0.6) is 0 Å². The second kappa shape index (κ2) is 8.95. The summed E-state index contributed by atoms with van der Waals surface area (Å²) >= 11 is 0. The molecule has 72 valence electrons. The van der Waals surface area contributed by atoms with Crippen molar-refractivity contribution in [2.24, 2.45) is 5.92 Å². The van der Waals surface area contributed by atoms with Gasteiger partial charge in [-0.15, -0.1) is 0 Å². The first-order valence-corrected chi connectivity index (χ1v) is 3.55. The Kier molecular flexibility index (Phi) is 12.9. The number of carboxylic acid groups (broad SMARTS) is 2. The van der Waals surface area contributed by atoms with Crippen LogP contribution in [0.2, 0.25) is 0 Å². The summed E-state index contributed by atoms with van der Waals surface area (Å²) in [6.45, 7) is 4.59. The maximum atomic E-state index is 10.6. The third-order valence-corrected chi connectivity index (χ3v) is 1.53. The SMILES string of the molecule is C/C(C(=O)O)=C(/C(=O)O)C(C)C.[H-].[H-].[Na+].[Na+]. The summed E-state index contributed by atoms with van der Waals surface area (Å²) in [5.74, 6) is -2.62. The van der Waals surface area contributed by atoms with Gasteiger partial charge in [0.1, 0.15) is 0 Å². The Morgan fingerprint density at radius 1 is 1.07 bits per heavy atom. The Hall–Kier alpha value is 0.680. The molecule has 0 spiro atoms. The van der Waals surface area contributed by atoms with Gasteiger partial charge >= 0.3 is 71.1 Å². The first kappa shape index (κ1) is 20.1. The van der Waals surface area contributed by atoms with Gasteiger partial charge in [-0.1, -0.05) is 13.8 Å². The molecule has 0 bridgehead atoms. The van der Waals surface area contributed by atoms with E-state index in [0.29, 0.717) is 0 Å². The van der Waals surface area contributed by atoms with Crippen LogP contribution in [0.4, 0.5) is 0 Å². The Labute approximate surface area is 130 Å². The summed E-state index contributed by atoms with van der Waals surface area (Å²) in [7, 11) is 0. The smallest absolute Gasteiger partial charge is 1.00 e. The molecular weight excluding hydrogens is 206 g/mol. The Morgan fingerprint density at radius 2 is 1.43 bits per heavy atom. The van der Waals surface area contributed by atoms with Gasteiger partial charge in [0.2, 0.25) is 0 Å². The van der Waals surface area contributed by atoms with Crippen molar-refractivity contribution in [1.29, 1.82) is 0 Å². The van der Waals surface area contributed by atoms with Gasteiger partial charge in [-0.05, 0) is 12.8 Å². The largest absolute Gasteiger partial charge is 1.00 e. The van der Waals surface area contributed by atoms with Gasteiger partial charge in [0.05, 0.1) is 0 Å². The molecule has 0 radical (unpaired) electrons. The van der Waals surface area contributed by atoms with Gasteiger partial charge in [0, 0.05) is 11.1 Å². The van der Waals surface area contributed by atoms with Crippen molar-refractivity contribution in [2.75, 3.05) is 0 Å². The summed E-state index contributed by atoms with van der Waals surface area (Å²) in [5, 5.41) is 17.2. The van der Waals surface area contributed by atoms with E-state index in [0.717, 1.165) is 0 Å². The van der Waals surface area contributed by atoms with Crippen LogP contribution in [0, 0.1) is 5.92 Å². The molecule has 0 aromatic rings. The van der Waals surface area contributed by atoms with E-state index < -0.39 is 11.9 Å². The van der Waals surface area contributed by atoms with Gasteiger partial charge in [0.15, 0.2) is 0 Å². The van der Waals surface area contributed by atoms with Crippen LogP contribution in [0.15, 0.2) is 11.1 Å². The van der Waals surface area contributed by atoms with E-state index in [1.54, 1.807) is 13.8 Å². The molecule has 0 fully saturated rings. The zero-order chi connectivity index (χ0) is 9.89. The number of hydrogen-bond donors (Lipinski definition) is 2. The first-order chi connectivity index (χ1) is 5.37. The Balaban J connectivity index is -0.000000101. The second-order valence-corrected chi connectivity index (χ2v) is 2.80. The molecule has 0 saturated carbocycles. The first-order valence-electron chi connectivity index (χ1n) is 3.55. The summed E-state index contributed by atoms with van der Waals surface area (Å²) in [6.07, 6.45) is 0. The van der Waals surface area contributed by atoms with Crippen LogP contribution in [0.25, 0.3) is 0 Å². The van der Waals surface area contributed by atoms with Crippen LogP contribution in [-0.4, -0.2) is 22.2 Å². The van der Waals surface area contributed by atoms with E-state index in [9.17, 15) is 9.59 Å². The van der Waals surface area contributed by atoms with Gasteiger partial charge in [0.25, 0.3) is 0 Å². The third kappa shape index (κ3) is 6.22. The minimum absolute atomic E-state index is 0. The van der Waals surface area contributed by atoms with E-state index in [4.69, 9.17) is 10.2 Å². The Bertz CT molecular complexity index is 254. The van der Waals surface area contributed by atoms with E-state index in [1.807, 2.05) is 0 Å². The minimum Gasteiger partial charge on any atom is -1.00 e. The summed E-state index contributed by atoms with van der Waals surface area (Å²) in [5.41, 5.74) is -0.139. The van der Waals surface area contributed by atoms with Gasteiger partial charge in [-0.3, -0.25) is 0 Å². The quantitative estimate of drug-likeness (QED) is 0.370. The molecule has 0 aliphatic heterocycles. The van der Waals surface area contributed by atoms with Gasteiger partial charge in [-0.25, -0.2) is 9.59 Å². The molecule has 2 N–H and O–H groups in total. The van der Waals surface area contributed by atoms with E-state index >= 15 is 0 Å². The van der Waals surface area contributed by atoms with Crippen LogP contribution in [0.3, 0.4) is 0 Å². The summed E-state index contributed by atoms with van der Waals surface area (Å²) < 4.78 is 0. The van der Waals surface area contributed by atoms with Gasteiger partial charge in [-0.2, -0.15) is 0 Å². The van der Waals surface area contributed by atoms with Crippen LogP contribution in [-0.2, 0) is 9.59 Å². The summed E-state index contributed by atoms with van der Waals surface area (Å²) in [4.78, 5) is 21.0. The van der Waals surface area contributed by atoms with E-state index in [-0.39, 0.29) is 79.0 Å². The average molecular weight is 220 g/mol. The molecule has 0 heterocycles. The molecule has 4 nitrogen and oxygen atoms in total. The molecule has 0 atom stereocenters. The van der Waals surface area contributed by atoms with Crippen molar-refractivity contribution in [3.05, 3.63) is 11.1 Å². The maximum Gasteiger partial charge on any atom is 1.00 e. The number of carbonyl (C=O) groups is 2. The van der Waals surface area contributed by atoms with Crippen molar-refractivity contribution >= 4 is 11.9 Å². The van der Waals surface area contributed by atoms with Crippen molar-refractivity contribution < 1.29 is 81.8 Å². The molecule has 0 aromatic carbocycles. The molecule has 0 aliphatic carbocycles. The zero-order valence-corrected chi connectivity index (χ0v) is 13.3. The molecule has 0 amide bonds. The number of hydrogen-bond acceptors (Lipinski definition) is 2. The van der Waals surface area contributed by atoms with Crippen LogP contribution in [0.1, 0.15) is 23.6 Å². The van der Waals surface area contributed by atoms with Crippen LogP contribution >= 0.6 is 0 Å². The number of rotatable bonds is 3. The van der Waals surface area contributed by atoms with Crippen molar-refractivity contribution in [3.8, 4) is 0 Å². The number of aliphatic carboxylic acids is 2. The zero-order valence-electron chi connectivity index (χ0n) is 11.3. The normalized spacial score (nSPS) is 10.9. The average Bonchev–Trinajstić information content (AvgIpc) is 1.85. The fraction of sp³-hybridized carbons (Fsp3) is 0.500. The molecule has 0 aliphatic rings. The number of carboxylic acids is 2. The fourth-order valence-electron chi connectivity index (χ4n) is 0.956. The predicted octanol–water partition coefficient (Wildman–Crippen LogP) is -4.64. The van der Waals surface area contributed by atoms with Crippen molar-refractivity contribution in [2.45, 2.75) is 20.8 Å². The standard InChI is InChI=1S/C8H12O4.2Na.2H/c1-4(2)6(8(11)12)5(3)7(9)10;;;;/h4H,1-3H3,(H,9,10)(H,11,12);;;;/q;2*+1;2*-1/b6-5-;;;;. The maximum absolute atomic E-state index is 10.6. The second-order valence-electron chi connectivity index (χ2n) is 2.80. The molecular formula is C8H14Na2O4. The molecule has 0 unspecified atom stereocenters. The minimum atomic E-state index is -1.18. The third-order valence-electron chi connectivity index (χ3n) is 1.53. The van der Waals surface area contributed by atoms with E-state index in [1.165, 1.54) is 6.92 Å². The van der Waals surface area contributed by atoms with Crippen LogP contribution < -0.4 is 59.1 Å². The van der Waals surface area contributed by atoms with Crippen molar-refractivity contribution in [3.63, 3.8) is 0 Å². The predicted molar refractivity (Wildman–Crippen MR) is 45.0 cm³/mol. The van der Waals surface area contributed by atoms with Crippen molar-refractivity contribution in [1.82, 2.24) is 0 Å².